The Balaban J connectivity index is 1.51. The molecule has 0 radical (unpaired) electrons. The Morgan fingerprint density at radius 2 is 1.78 bits per heavy atom. The van der Waals surface area contributed by atoms with Crippen molar-refractivity contribution in [3.63, 3.8) is 0 Å². The van der Waals surface area contributed by atoms with Crippen LogP contribution in [0.4, 0.5) is 0 Å². The van der Waals surface area contributed by atoms with Crippen LogP contribution in [0.15, 0.2) is 60.7 Å². The fourth-order valence-corrected chi connectivity index (χ4v) is 4.83. The second-order valence-electron chi connectivity index (χ2n) is 6.11. The van der Waals surface area contributed by atoms with Crippen molar-refractivity contribution in [3.05, 3.63) is 76.7 Å². The van der Waals surface area contributed by atoms with Crippen LogP contribution in [0.25, 0.3) is 16.2 Å². The quantitative estimate of drug-likeness (QED) is 0.746. The molecule has 23 heavy (non-hydrogen) atoms. The van der Waals surface area contributed by atoms with Gasteiger partial charge in [0.05, 0.1) is 5.92 Å². The van der Waals surface area contributed by atoms with Crippen LogP contribution in [0, 0.1) is 0 Å². The molecule has 1 aliphatic carbocycles. The summed E-state index contributed by atoms with van der Waals surface area (Å²) in [6.07, 6.45) is 5.91. The number of hydrogen-bond acceptors (Lipinski definition) is 2. The van der Waals surface area contributed by atoms with Gasteiger partial charge in [-0.3, -0.25) is 0 Å². The normalized spacial score (nSPS) is 22.2. The van der Waals surface area contributed by atoms with Gasteiger partial charge in [-0.05, 0) is 23.4 Å². The number of amidine groups is 1. The fraction of sp³-hybridized carbons (Fsp3) is 0.150. The summed E-state index contributed by atoms with van der Waals surface area (Å²) in [5.74, 6) is 1.70. The molecule has 1 aliphatic heterocycles. The largest absolute Gasteiger partial charge is 0.258 e. The van der Waals surface area contributed by atoms with E-state index < -0.39 is 0 Å². The first-order valence-electron chi connectivity index (χ1n) is 8.03. The van der Waals surface area contributed by atoms with Gasteiger partial charge < -0.3 is 0 Å². The summed E-state index contributed by atoms with van der Waals surface area (Å²) in [6, 6.07) is 19.3. The second-order valence-corrected chi connectivity index (χ2v) is 7.20. The molecule has 112 valence electrons. The molecule has 0 saturated heterocycles. The third kappa shape index (κ3) is 2.04. The molecule has 2 aliphatic rings. The van der Waals surface area contributed by atoms with Gasteiger partial charge in [-0.1, -0.05) is 60.7 Å². The first-order chi connectivity index (χ1) is 11.4. The Hall–Kier alpha value is -2.39. The van der Waals surface area contributed by atoms with E-state index >= 15 is 0 Å². The summed E-state index contributed by atoms with van der Waals surface area (Å²) in [5, 5.41) is 5.01. The van der Waals surface area contributed by atoms with E-state index in [0.29, 0.717) is 5.92 Å². The zero-order valence-corrected chi connectivity index (χ0v) is 13.4. The van der Waals surface area contributed by atoms with E-state index in [9.17, 15) is 0 Å². The smallest absolute Gasteiger partial charge is 0.234 e. The van der Waals surface area contributed by atoms with Crippen LogP contribution >= 0.6 is 11.3 Å². The molecule has 2 heterocycles. The van der Waals surface area contributed by atoms with Crippen LogP contribution in [0.3, 0.4) is 0 Å². The Labute approximate surface area is 139 Å². The van der Waals surface area contributed by atoms with E-state index in [-0.39, 0.29) is 6.17 Å². The zero-order valence-electron chi connectivity index (χ0n) is 12.6. The van der Waals surface area contributed by atoms with Gasteiger partial charge in [-0.2, -0.15) is 0 Å². The van der Waals surface area contributed by atoms with Crippen LogP contribution in [0.5, 0.6) is 0 Å². The summed E-state index contributed by atoms with van der Waals surface area (Å²) in [7, 11) is 0. The molecule has 0 bridgehead atoms. The molecule has 2 atom stereocenters. The SMILES string of the molecule is C1=Cc2c(sc3ccccc23)C(C2=[NH+]C(c3ccccc3)N2)C1. The van der Waals surface area contributed by atoms with Gasteiger partial charge in [0.2, 0.25) is 0 Å². The molecule has 2 nitrogen and oxygen atoms in total. The molecule has 0 saturated carbocycles. The molecular weight excluding hydrogens is 300 g/mol. The van der Waals surface area contributed by atoms with E-state index in [1.165, 1.54) is 31.9 Å². The van der Waals surface area contributed by atoms with Crippen LogP contribution in [-0.4, -0.2) is 5.84 Å². The van der Waals surface area contributed by atoms with Crippen LogP contribution < -0.4 is 10.3 Å². The Bertz CT molecular complexity index is 937. The minimum Gasteiger partial charge on any atom is -0.234 e. The number of benzene rings is 2. The number of nitrogens with one attached hydrogen (secondary N) is 2. The Kier molecular flexibility index (Phi) is 2.88. The molecule has 0 amide bonds. The van der Waals surface area contributed by atoms with Crippen LogP contribution in [-0.2, 0) is 0 Å². The van der Waals surface area contributed by atoms with E-state index in [4.69, 9.17) is 0 Å². The second kappa shape index (κ2) is 5.07. The monoisotopic (exact) mass is 317 g/mol. The Morgan fingerprint density at radius 3 is 2.65 bits per heavy atom. The van der Waals surface area contributed by atoms with Crippen LogP contribution in [0.2, 0.25) is 0 Å². The molecule has 2 unspecified atom stereocenters. The van der Waals surface area contributed by atoms with Gasteiger partial charge >= 0.3 is 0 Å². The highest BCUT2D eigenvalue weighted by molar-refractivity contribution is 7.19. The number of hydrogen-bond donors (Lipinski definition) is 2. The standard InChI is InChI=1S/C20H16N2S/c1-2-7-13(8-3-1)19-21-20(22-19)16-11-6-10-15-14-9-4-5-12-17(14)23-18(15)16/h1-10,12,16,19H,11H2,(H,21,22)/p+1. The van der Waals surface area contributed by atoms with E-state index in [2.05, 4.69) is 77.1 Å². The minimum atomic E-state index is 0.245. The summed E-state index contributed by atoms with van der Waals surface area (Å²) >= 11 is 1.93. The molecule has 3 heteroatoms. The molecule has 2 aromatic carbocycles. The van der Waals surface area contributed by atoms with Crippen molar-refractivity contribution in [1.29, 1.82) is 0 Å². The lowest BCUT2D eigenvalue weighted by molar-refractivity contribution is -0.553. The number of rotatable bonds is 2. The van der Waals surface area contributed by atoms with Crippen molar-refractivity contribution < 1.29 is 4.99 Å². The van der Waals surface area contributed by atoms with Crippen molar-refractivity contribution >= 4 is 33.3 Å². The average Bonchev–Trinajstić information content (AvgIpc) is 2.94. The third-order valence-corrected chi connectivity index (χ3v) is 6.02. The lowest BCUT2D eigenvalue weighted by Crippen LogP contribution is -2.91. The van der Waals surface area contributed by atoms with Gasteiger partial charge in [-0.25, -0.2) is 10.3 Å². The molecule has 0 spiro atoms. The maximum absolute atomic E-state index is 3.63. The van der Waals surface area contributed by atoms with Gasteiger partial charge in [0.25, 0.3) is 12.0 Å². The van der Waals surface area contributed by atoms with Crippen molar-refractivity contribution in [2.75, 3.05) is 0 Å². The van der Waals surface area contributed by atoms with Gasteiger partial charge in [0, 0.05) is 15.1 Å². The predicted octanol–water partition coefficient (Wildman–Crippen LogP) is 3.18. The zero-order chi connectivity index (χ0) is 15.2. The number of fused-ring (bicyclic) bond motifs is 3. The third-order valence-electron chi connectivity index (χ3n) is 4.72. The predicted molar refractivity (Wildman–Crippen MR) is 96.5 cm³/mol. The fourth-order valence-electron chi connectivity index (χ4n) is 3.52. The highest BCUT2D eigenvalue weighted by atomic mass is 32.1. The molecule has 5 rings (SSSR count). The Morgan fingerprint density at radius 1 is 1.00 bits per heavy atom. The van der Waals surface area contributed by atoms with Crippen molar-refractivity contribution in [2.45, 2.75) is 18.5 Å². The van der Waals surface area contributed by atoms with Gasteiger partial charge in [-0.15, -0.1) is 11.3 Å². The molecule has 0 fully saturated rings. The minimum absolute atomic E-state index is 0.245. The highest BCUT2D eigenvalue weighted by Gasteiger charge is 2.38. The lowest BCUT2D eigenvalue weighted by atomic mass is 9.90. The van der Waals surface area contributed by atoms with Crippen molar-refractivity contribution in [3.8, 4) is 0 Å². The van der Waals surface area contributed by atoms with E-state index in [0.717, 1.165) is 6.42 Å². The van der Waals surface area contributed by atoms with E-state index in [1.54, 1.807) is 0 Å². The summed E-state index contributed by atoms with van der Waals surface area (Å²) in [4.78, 5) is 5.11. The summed E-state index contributed by atoms with van der Waals surface area (Å²) in [6.45, 7) is 0. The molecule has 3 aromatic rings. The lowest BCUT2D eigenvalue weighted by Gasteiger charge is -2.26. The molecule has 1 aromatic heterocycles. The molecular formula is C20H17N2S+. The summed E-state index contributed by atoms with van der Waals surface area (Å²) < 4.78 is 1.38. The van der Waals surface area contributed by atoms with Crippen molar-refractivity contribution in [1.82, 2.24) is 5.32 Å². The first-order valence-corrected chi connectivity index (χ1v) is 8.84. The average molecular weight is 317 g/mol. The van der Waals surface area contributed by atoms with Gasteiger partial charge in [0.15, 0.2) is 0 Å². The maximum Gasteiger partial charge on any atom is 0.258 e. The van der Waals surface area contributed by atoms with E-state index in [1.807, 2.05) is 11.3 Å². The highest BCUT2D eigenvalue weighted by Crippen LogP contribution is 2.41. The topological polar surface area (TPSA) is 26.0 Å². The van der Waals surface area contributed by atoms with Gasteiger partial charge in [0.1, 0.15) is 0 Å². The number of thiophene rings is 1. The number of allylic oxidation sites excluding steroid dienone is 1. The maximum atomic E-state index is 3.63. The summed E-state index contributed by atoms with van der Waals surface area (Å²) in [5.41, 5.74) is 2.69. The molecule has 2 N–H and O–H groups in total. The van der Waals surface area contributed by atoms with Crippen molar-refractivity contribution in [2.24, 2.45) is 0 Å². The van der Waals surface area contributed by atoms with Crippen LogP contribution in [0.1, 0.15) is 34.5 Å². The first kappa shape index (κ1) is 13.1.